The van der Waals surface area contributed by atoms with Crippen molar-refractivity contribution in [3.8, 4) is 0 Å². The van der Waals surface area contributed by atoms with Gasteiger partial charge >= 0.3 is 0 Å². The molecule has 4 heteroatoms. The molecule has 1 saturated carbocycles. The van der Waals surface area contributed by atoms with Gasteiger partial charge in [0, 0.05) is 9.99 Å². The van der Waals surface area contributed by atoms with E-state index in [1.165, 1.54) is 25.0 Å². The van der Waals surface area contributed by atoms with Crippen molar-refractivity contribution in [3.63, 3.8) is 0 Å². The second kappa shape index (κ2) is 5.80. The van der Waals surface area contributed by atoms with Gasteiger partial charge in [-0.05, 0) is 59.5 Å². The molecule has 1 aromatic rings. The summed E-state index contributed by atoms with van der Waals surface area (Å²) in [7, 11) is 0. The Hall–Kier alpha value is -0.650. The zero-order chi connectivity index (χ0) is 12.3. The second-order valence-electron chi connectivity index (χ2n) is 4.53. The number of benzene rings is 1. The van der Waals surface area contributed by atoms with Crippen molar-refractivity contribution in [2.45, 2.75) is 32.1 Å². The summed E-state index contributed by atoms with van der Waals surface area (Å²) in [4.78, 5) is 11.8. The Morgan fingerprint density at radius 3 is 2.76 bits per heavy atom. The molecule has 0 bridgehead atoms. The van der Waals surface area contributed by atoms with Crippen molar-refractivity contribution in [2.24, 2.45) is 5.92 Å². The van der Waals surface area contributed by atoms with Crippen LogP contribution in [0.5, 0.6) is 0 Å². The summed E-state index contributed by atoms with van der Waals surface area (Å²) in [6.07, 6.45) is 5.40. The lowest BCUT2D eigenvalue weighted by molar-refractivity contribution is -0.117. The number of halogens is 2. The van der Waals surface area contributed by atoms with Gasteiger partial charge in [-0.2, -0.15) is 0 Å². The van der Waals surface area contributed by atoms with E-state index in [0.29, 0.717) is 18.0 Å². The van der Waals surface area contributed by atoms with Crippen molar-refractivity contribution < 1.29 is 9.18 Å². The minimum atomic E-state index is -0.275. The van der Waals surface area contributed by atoms with Crippen LogP contribution in [0.1, 0.15) is 32.1 Å². The molecule has 1 aliphatic carbocycles. The molecule has 0 atom stereocenters. The van der Waals surface area contributed by atoms with Gasteiger partial charge in [-0.1, -0.05) is 12.8 Å². The molecule has 1 fully saturated rings. The molecule has 1 N–H and O–H groups in total. The topological polar surface area (TPSA) is 29.1 Å². The number of rotatable bonds is 3. The van der Waals surface area contributed by atoms with Crippen LogP contribution in [0.2, 0.25) is 0 Å². The Kier molecular flexibility index (Phi) is 4.36. The standard InChI is InChI=1S/C13H15FINO/c14-10-5-6-12(11(15)8-10)16-13(17)7-9-3-1-2-4-9/h5-6,8-9H,1-4,7H2,(H,16,17). The monoisotopic (exact) mass is 347 g/mol. The van der Waals surface area contributed by atoms with E-state index in [2.05, 4.69) is 5.32 Å². The van der Waals surface area contributed by atoms with Crippen LogP contribution in [0.3, 0.4) is 0 Å². The molecule has 0 saturated heterocycles. The van der Waals surface area contributed by atoms with Gasteiger partial charge in [0.15, 0.2) is 0 Å². The number of anilines is 1. The van der Waals surface area contributed by atoms with E-state index >= 15 is 0 Å². The highest BCUT2D eigenvalue weighted by Crippen LogP contribution is 2.28. The molecule has 1 amide bonds. The maximum Gasteiger partial charge on any atom is 0.224 e. The number of amides is 1. The molecule has 1 aromatic carbocycles. The number of nitrogens with one attached hydrogen (secondary N) is 1. The van der Waals surface area contributed by atoms with Crippen LogP contribution >= 0.6 is 22.6 Å². The summed E-state index contributed by atoms with van der Waals surface area (Å²) in [6.45, 7) is 0. The summed E-state index contributed by atoms with van der Waals surface area (Å²) < 4.78 is 13.6. The minimum Gasteiger partial charge on any atom is -0.325 e. The molecule has 92 valence electrons. The molecule has 0 heterocycles. The summed E-state index contributed by atoms with van der Waals surface area (Å²) in [5.41, 5.74) is 0.704. The van der Waals surface area contributed by atoms with Crippen LogP contribution in [-0.4, -0.2) is 5.91 Å². The van der Waals surface area contributed by atoms with Crippen LogP contribution in [0.4, 0.5) is 10.1 Å². The van der Waals surface area contributed by atoms with Crippen molar-refractivity contribution in [3.05, 3.63) is 27.6 Å². The molecular formula is C13H15FINO. The molecular weight excluding hydrogens is 332 g/mol. The predicted octanol–water partition coefficient (Wildman–Crippen LogP) is 3.95. The Morgan fingerprint density at radius 1 is 1.41 bits per heavy atom. The van der Waals surface area contributed by atoms with E-state index in [9.17, 15) is 9.18 Å². The van der Waals surface area contributed by atoms with Crippen molar-refractivity contribution in [2.75, 3.05) is 5.32 Å². The lowest BCUT2D eigenvalue weighted by Crippen LogP contribution is -2.15. The smallest absolute Gasteiger partial charge is 0.224 e. The van der Waals surface area contributed by atoms with Crippen LogP contribution in [0.15, 0.2) is 18.2 Å². The van der Waals surface area contributed by atoms with Crippen LogP contribution in [-0.2, 0) is 4.79 Å². The third kappa shape index (κ3) is 3.66. The van der Waals surface area contributed by atoms with Gasteiger partial charge in [-0.3, -0.25) is 4.79 Å². The fourth-order valence-corrected chi connectivity index (χ4v) is 2.88. The van der Waals surface area contributed by atoms with Gasteiger partial charge in [0.2, 0.25) is 5.91 Å². The number of carbonyl (C=O) groups excluding carboxylic acids is 1. The minimum absolute atomic E-state index is 0.0430. The van der Waals surface area contributed by atoms with Gasteiger partial charge in [0.25, 0.3) is 0 Å². The molecule has 0 spiro atoms. The first-order valence-electron chi connectivity index (χ1n) is 5.90. The molecule has 0 unspecified atom stereocenters. The van der Waals surface area contributed by atoms with Gasteiger partial charge in [-0.15, -0.1) is 0 Å². The fraction of sp³-hybridized carbons (Fsp3) is 0.462. The zero-order valence-electron chi connectivity index (χ0n) is 9.51. The van der Waals surface area contributed by atoms with Gasteiger partial charge in [0.1, 0.15) is 5.82 Å². The highest BCUT2D eigenvalue weighted by atomic mass is 127. The fourth-order valence-electron chi connectivity index (χ4n) is 2.27. The van der Waals surface area contributed by atoms with E-state index in [1.54, 1.807) is 6.07 Å². The number of hydrogen-bond acceptors (Lipinski definition) is 1. The largest absolute Gasteiger partial charge is 0.325 e. The lowest BCUT2D eigenvalue weighted by atomic mass is 10.0. The molecule has 2 rings (SSSR count). The first-order chi connectivity index (χ1) is 8.15. The molecule has 17 heavy (non-hydrogen) atoms. The van der Waals surface area contributed by atoms with Crippen LogP contribution in [0, 0.1) is 15.3 Å². The number of hydrogen-bond donors (Lipinski definition) is 1. The maximum absolute atomic E-state index is 12.9. The summed E-state index contributed by atoms with van der Waals surface area (Å²) in [5.74, 6) is 0.303. The predicted molar refractivity (Wildman–Crippen MR) is 74.3 cm³/mol. The van der Waals surface area contributed by atoms with E-state index in [-0.39, 0.29) is 11.7 Å². The first kappa shape index (κ1) is 12.8. The summed E-state index contributed by atoms with van der Waals surface area (Å²) >= 11 is 2.03. The van der Waals surface area contributed by atoms with E-state index in [4.69, 9.17) is 0 Å². The second-order valence-corrected chi connectivity index (χ2v) is 5.69. The molecule has 2 nitrogen and oxygen atoms in total. The molecule has 1 aliphatic rings. The molecule has 0 aliphatic heterocycles. The van der Waals surface area contributed by atoms with Crippen molar-refractivity contribution in [1.29, 1.82) is 0 Å². The van der Waals surface area contributed by atoms with Crippen molar-refractivity contribution in [1.82, 2.24) is 0 Å². The zero-order valence-corrected chi connectivity index (χ0v) is 11.7. The normalized spacial score (nSPS) is 16.1. The third-order valence-electron chi connectivity index (χ3n) is 3.15. The van der Waals surface area contributed by atoms with Crippen LogP contribution < -0.4 is 5.32 Å². The third-order valence-corrected chi connectivity index (χ3v) is 4.05. The summed E-state index contributed by atoms with van der Waals surface area (Å²) in [6, 6.07) is 4.41. The Labute approximate surface area is 114 Å². The van der Waals surface area contributed by atoms with Crippen LogP contribution in [0.25, 0.3) is 0 Å². The average molecular weight is 347 g/mol. The Balaban J connectivity index is 1.93. The van der Waals surface area contributed by atoms with Gasteiger partial charge in [0.05, 0.1) is 5.69 Å². The molecule has 0 radical (unpaired) electrons. The highest BCUT2D eigenvalue weighted by molar-refractivity contribution is 14.1. The van der Waals surface area contributed by atoms with Gasteiger partial charge in [-0.25, -0.2) is 4.39 Å². The quantitative estimate of drug-likeness (QED) is 0.825. The van der Waals surface area contributed by atoms with E-state index < -0.39 is 0 Å². The van der Waals surface area contributed by atoms with E-state index in [1.807, 2.05) is 22.6 Å². The maximum atomic E-state index is 12.9. The average Bonchev–Trinajstić information content (AvgIpc) is 2.75. The van der Waals surface area contributed by atoms with Gasteiger partial charge < -0.3 is 5.32 Å². The lowest BCUT2D eigenvalue weighted by Gasteiger charge is -2.10. The number of carbonyl (C=O) groups is 1. The molecule has 0 aromatic heterocycles. The SMILES string of the molecule is O=C(CC1CCCC1)Nc1ccc(F)cc1I. The first-order valence-corrected chi connectivity index (χ1v) is 6.98. The summed E-state index contributed by atoms with van der Waals surface area (Å²) in [5, 5.41) is 2.85. The highest BCUT2D eigenvalue weighted by Gasteiger charge is 2.18. The Bertz CT molecular complexity index is 416. The van der Waals surface area contributed by atoms with E-state index in [0.717, 1.165) is 16.4 Å². The van der Waals surface area contributed by atoms with Crippen molar-refractivity contribution >= 4 is 34.2 Å². The Morgan fingerprint density at radius 2 is 2.12 bits per heavy atom.